The summed E-state index contributed by atoms with van der Waals surface area (Å²) in [6.45, 7) is 1.16. The van der Waals surface area contributed by atoms with Crippen LogP contribution in [-0.2, 0) is 9.13 Å². The molecule has 2 aromatic carbocycles. The van der Waals surface area contributed by atoms with Gasteiger partial charge in [0.05, 0.1) is 7.11 Å². The molecule has 1 atom stereocenters. The van der Waals surface area contributed by atoms with E-state index in [0.717, 1.165) is 12.3 Å². The summed E-state index contributed by atoms with van der Waals surface area (Å²) >= 11 is 0. The summed E-state index contributed by atoms with van der Waals surface area (Å²) in [4.78, 5) is 37.4. The fourth-order valence-corrected chi connectivity index (χ4v) is 5.20. The summed E-state index contributed by atoms with van der Waals surface area (Å²) in [6.07, 6.45) is 0. The maximum atomic E-state index is 11.6. The summed E-state index contributed by atoms with van der Waals surface area (Å²) in [6, 6.07) is 9.68. The van der Waals surface area contributed by atoms with Crippen molar-refractivity contribution in [2.45, 2.75) is 17.9 Å². The third kappa shape index (κ3) is 3.15. The zero-order chi connectivity index (χ0) is 18.3. The maximum absolute atomic E-state index is 11.6. The fraction of sp³-hybridized carbons (Fsp3) is 0.286. The highest BCUT2D eigenvalue weighted by atomic mass is 31.2. The van der Waals surface area contributed by atoms with Crippen LogP contribution in [0, 0.1) is 0 Å². The lowest BCUT2D eigenvalue weighted by Gasteiger charge is -2.34. The third-order valence-electron chi connectivity index (χ3n) is 4.01. The molecule has 1 unspecified atom stereocenters. The van der Waals surface area contributed by atoms with E-state index in [4.69, 9.17) is 4.74 Å². The monoisotopic (exact) mass is 376 g/mol. The van der Waals surface area contributed by atoms with Gasteiger partial charge in [0.1, 0.15) is 5.75 Å². The summed E-state index contributed by atoms with van der Waals surface area (Å²) in [5, 5.41) is 8.15. The average molecular weight is 376 g/mol. The second-order valence-electron chi connectivity index (χ2n) is 5.47. The van der Waals surface area contributed by atoms with Gasteiger partial charge in [-0.2, -0.15) is 0 Å². The maximum Gasteiger partial charge on any atom is 0.370 e. The van der Waals surface area contributed by atoms with Crippen LogP contribution in [0.2, 0.25) is 0 Å². The zero-order valence-electron chi connectivity index (χ0n) is 12.9. The summed E-state index contributed by atoms with van der Waals surface area (Å²) in [5.74, 6) is -0.893. The van der Waals surface area contributed by atoms with Crippen molar-refractivity contribution in [1.29, 1.82) is 0 Å². The molecule has 132 valence electrons. The van der Waals surface area contributed by atoms with Crippen molar-refractivity contribution in [3.05, 3.63) is 42.0 Å². The molecule has 8 nitrogen and oxygen atoms in total. The van der Waals surface area contributed by atoms with Crippen LogP contribution in [0.25, 0.3) is 10.8 Å². The molecule has 0 aliphatic rings. The standard InChI is InChI=1S/C14H18O8P2/c1-9(14(15,23(16,17)18)24(19,20)21)10-3-4-12-8-13(22-2)6-5-11(12)7-10/h3-9,15H,1-2H3,(H2,16,17,18)(H2,19,20,21). The predicted molar refractivity (Wildman–Crippen MR) is 88.0 cm³/mol. The Hall–Kier alpha value is -1.24. The molecular formula is C14H18O8P2. The molecule has 10 heteroatoms. The predicted octanol–water partition coefficient (Wildman–Crippen LogP) is 1.95. The third-order valence-corrected chi connectivity index (χ3v) is 8.06. The Morgan fingerprint density at radius 1 is 0.958 bits per heavy atom. The highest BCUT2D eigenvalue weighted by Gasteiger charge is 2.63. The molecule has 0 aromatic heterocycles. The van der Waals surface area contributed by atoms with Crippen molar-refractivity contribution < 1.29 is 38.5 Å². The smallest absolute Gasteiger partial charge is 0.370 e. The molecule has 0 heterocycles. The molecule has 0 spiro atoms. The van der Waals surface area contributed by atoms with E-state index in [9.17, 15) is 33.8 Å². The highest BCUT2D eigenvalue weighted by Crippen LogP contribution is 2.72. The number of rotatable bonds is 5. The Labute approximate surface area is 138 Å². The fourth-order valence-electron chi connectivity index (χ4n) is 2.54. The summed E-state index contributed by atoms with van der Waals surface area (Å²) in [7, 11) is -9.55. The van der Waals surface area contributed by atoms with Gasteiger partial charge in [-0.05, 0) is 28.5 Å². The Morgan fingerprint density at radius 3 is 1.96 bits per heavy atom. The van der Waals surface area contributed by atoms with Gasteiger partial charge in [-0.25, -0.2) is 0 Å². The number of methoxy groups -OCH3 is 1. The van der Waals surface area contributed by atoms with Crippen LogP contribution in [0.15, 0.2) is 36.4 Å². The molecule has 0 bridgehead atoms. The topological polar surface area (TPSA) is 145 Å². The molecule has 0 fully saturated rings. The van der Waals surface area contributed by atoms with E-state index in [-0.39, 0.29) is 5.56 Å². The quantitative estimate of drug-likeness (QED) is 0.498. The first-order chi connectivity index (χ1) is 10.9. The van der Waals surface area contributed by atoms with Crippen molar-refractivity contribution in [3.8, 4) is 5.75 Å². The molecule has 0 aliphatic carbocycles. The summed E-state index contributed by atoms with van der Waals surface area (Å²) in [5.41, 5.74) is 0.182. The SMILES string of the molecule is COc1ccc2cc(C(C)C(O)(P(=O)(O)O)P(=O)(O)O)ccc2c1. The van der Waals surface area contributed by atoms with Gasteiger partial charge in [0.25, 0.3) is 5.08 Å². The van der Waals surface area contributed by atoms with E-state index in [1.807, 2.05) is 0 Å². The van der Waals surface area contributed by atoms with Crippen LogP contribution in [0.4, 0.5) is 0 Å². The first-order valence-electron chi connectivity index (χ1n) is 6.83. The number of benzene rings is 2. The lowest BCUT2D eigenvalue weighted by molar-refractivity contribution is 0.111. The number of ether oxygens (including phenoxy) is 1. The second-order valence-corrected chi connectivity index (χ2v) is 9.36. The molecule has 5 N–H and O–H groups in total. The molecule has 0 amide bonds. The molecule has 2 rings (SSSR count). The van der Waals surface area contributed by atoms with Gasteiger partial charge in [-0.3, -0.25) is 9.13 Å². The van der Waals surface area contributed by atoms with Crippen LogP contribution < -0.4 is 4.74 Å². The van der Waals surface area contributed by atoms with E-state index in [1.54, 1.807) is 24.3 Å². The minimum absolute atomic E-state index is 0.182. The van der Waals surface area contributed by atoms with Gasteiger partial charge in [0.2, 0.25) is 0 Å². The van der Waals surface area contributed by atoms with Crippen LogP contribution in [-0.4, -0.2) is 36.9 Å². The van der Waals surface area contributed by atoms with E-state index in [1.165, 1.54) is 19.2 Å². The van der Waals surface area contributed by atoms with Crippen molar-refractivity contribution in [1.82, 2.24) is 0 Å². The van der Waals surface area contributed by atoms with Crippen molar-refractivity contribution >= 4 is 26.0 Å². The van der Waals surface area contributed by atoms with E-state index in [2.05, 4.69) is 0 Å². The number of aliphatic hydroxyl groups is 1. The van der Waals surface area contributed by atoms with Gasteiger partial charge in [0.15, 0.2) is 0 Å². The summed E-state index contributed by atoms with van der Waals surface area (Å²) < 4.78 is 28.3. The molecule has 0 radical (unpaired) electrons. The van der Waals surface area contributed by atoms with Gasteiger partial charge < -0.3 is 29.4 Å². The zero-order valence-corrected chi connectivity index (χ0v) is 14.7. The van der Waals surface area contributed by atoms with Gasteiger partial charge in [-0.15, -0.1) is 0 Å². The largest absolute Gasteiger partial charge is 0.497 e. The lowest BCUT2D eigenvalue weighted by atomic mass is 9.98. The number of fused-ring (bicyclic) bond motifs is 1. The second kappa shape index (κ2) is 6.24. The van der Waals surface area contributed by atoms with Crippen molar-refractivity contribution in [2.24, 2.45) is 0 Å². The molecule has 2 aromatic rings. The molecule has 0 saturated heterocycles. The first kappa shape index (κ1) is 19.1. The van der Waals surface area contributed by atoms with Crippen molar-refractivity contribution in [2.75, 3.05) is 7.11 Å². The minimum atomic E-state index is -5.53. The molecular weight excluding hydrogens is 358 g/mol. The first-order valence-corrected chi connectivity index (χ1v) is 10.1. The van der Waals surface area contributed by atoms with Crippen LogP contribution in [0.5, 0.6) is 5.75 Å². The van der Waals surface area contributed by atoms with Gasteiger partial charge in [-0.1, -0.05) is 31.2 Å². The van der Waals surface area contributed by atoms with E-state index < -0.39 is 26.2 Å². The Balaban J connectivity index is 2.59. The van der Waals surface area contributed by atoms with E-state index >= 15 is 0 Å². The molecule has 0 saturated carbocycles. The minimum Gasteiger partial charge on any atom is -0.497 e. The van der Waals surface area contributed by atoms with E-state index in [0.29, 0.717) is 11.1 Å². The normalized spacial score (nSPS) is 14.6. The molecule has 0 aliphatic heterocycles. The average Bonchev–Trinajstić information content (AvgIpc) is 2.50. The van der Waals surface area contributed by atoms with Crippen LogP contribution in [0.1, 0.15) is 18.4 Å². The lowest BCUT2D eigenvalue weighted by Crippen LogP contribution is -2.34. The van der Waals surface area contributed by atoms with Crippen molar-refractivity contribution in [3.63, 3.8) is 0 Å². The van der Waals surface area contributed by atoms with Crippen LogP contribution in [0.3, 0.4) is 0 Å². The van der Waals surface area contributed by atoms with Crippen LogP contribution >= 0.6 is 15.2 Å². The highest BCUT2D eigenvalue weighted by molar-refractivity contribution is 7.72. The Kier molecular flexibility index (Phi) is 4.97. The Bertz CT molecular complexity index is 831. The number of hydrogen-bond acceptors (Lipinski definition) is 4. The Morgan fingerprint density at radius 2 is 1.46 bits per heavy atom. The number of hydrogen-bond donors (Lipinski definition) is 5. The van der Waals surface area contributed by atoms with Gasteiger partial charge >= 0.3 is 15.2 Å². The van der Waals surface area contributed by atoms with Gasteiger partial charge in [0, 0.05) is 5.92 Å². The molecule has 24 heavy (non-hydrogen) atoms.